The van der Waals surface area contributed by atoms with E-state index in [-0.39, 0.29) is 31.3 Å². The van der Waals surface area contributed by atoms with Crippen molar-refractivity contribution < 1.29 is 13.0 Å². The molecule has 23 heavy (non-hydrogen) atoms. The molecular formula is C17H18INO3S. The van der Waals surface area contributed by atoms with Crippen LogP contribution in [0.1, 0.15) is 26.3 Å². The zero-order valence-electron chi connectivity index (χ0n) is 13.1. The molecule has 0 unspecified atom stereocenters. The average molecular weight is 443 g/mol. The Balaban J connectivity index is 2.25. The van der Waals surface area contributed by atoms with E-state index in [4.69, 9.17) is 0 Å². The fraction of sp³-hybridized carbons (Fsp3) is 0.235. The highest BCUT2D eigenvalue weighted by Gasteiger charge is 2.34. The second-order valence-electron chi connectivity index (χ2n) is 6.01. The van der Waals surface area contributed by atoms with Gasteiger partial charge in [-0.15, -0.1) is 0 Å². The summed E-state index contributed by atoms with van der Waals surface area (Å²) >= 11 is -0.372. The minimum atomic E-state index is -4.20. The van der Waals surface area contributed by atoms with Gasteiger partial charge >= 0.3 is 0 Å². The van der Waals surface area contributed by atoms with E-state index in [1.54, 1.807) is 12.1 Å². The molecule has 0 aliphatic carbocycles. The fourth-order valence-corrected chi connectivity index (χ4v) is 5.96. The van der Waals surface area contributed by atoms with Crippen molar-refractivity contribution in [1.82, 2.24) is 0 Å². The third kappa shape index (κ3) is 2.95. The zero-order chi connectivity index (χ0) is 16.8. The number of rotatable bonds is 2. The maximum Gasteiger partial charge on any atom is 0.294 e. The van der Waals surface area contributed by atoms with Crippen LogP contribution in [-0.2, 0) is 15.5 Å². The molecule has 0 amide bonds. The van der Waals surface area contributed by atoms with Gasteiger partial charge in [-0.3, -0.25) is 7.67 Å². The van der Waals surface area contributed by atoms with Gasteiger partial charge in [-0.25, -0.2) is 0 Å². The van der Waals surface area contributed by atoms with Crippen molar-refractivity contribution in [1.29, 1.82) is 0 Å². The van der Waals surface area contributed by atoms with Gasteiger partial charge in [-0.1, -0.05) is 32.0 Å². The summed E-state index contributed by atoms with van der Waals surface area (Å²) in [4.78, 5) is -0.0507. The van der Waals surface area contributed by atoms with Crippen LogP contribution >= 0.6 is 21.0 Å². The topological polar surface area (TPSA) is 57.6 Å². The van der Waals surface area contributed by atoms with Crippen LogP contribution in [0.3, 0.4) is 0 Å². The first kappa shape index (κ1) is 16.6. The van der Waals surface area contributed by atoms with Crippen LogP contribution in [-0.4, -0.2) is 16.5 Å². The van der Waals surface area contributed by atoms with Crippen molar-refractivity contribution in [3.8, 4) is 0 Å². The van der Waals surface area contributed by atoms with Crippen LogP contribution in [0.5, 0.6) is 0 Å². The van der Waals surface area contributed by atoms with Gasteiger partial charge in [-0.2, -0.15) is 8.42 Å². The van der Waals surface area contributed by atoms with Crippen molar-refractivity contribution in [2.75, 3.05) is 3.11 Å². The first-order chi connectivity index (χ1) is 10.7. The minimum Gasteiger partial charge on any atom is -0.288 e. The molecule has 0 bridgehead atoms. The van der Waals surface area contributed by atoms with Crippen LogP contribution in [0.25, 0.3) is 0 Å². The van der Waals surface area contributed by atoms with E-state index in [2.05, 4.69) is 36.0 Å². The summed E-state index contributed by atoms with van der Waals surface area (Å²) in [5, 5.41) is 0. The summed E-state index contributed by atoms with van der Waals surface area (Å²) in [6.45, 7) is 6.35. The molecule has 1 heterocycles. The summed E-state index contributed by atoms with van der Waals surface area (Å²) in [5.41, 5.74) is 2.84. The van der Waals surface area contributed by atoms with Crippen molar-refractivity contribution in [2.24, 2.45) is 0 Å². The number of hydrogen-bond donors (Lipinski definition) is 1. The number of nitrogens with zero attached hydrogens (tertiary/aromatic N) is 1. The van der Waals surface area contributed by atoms with Crippen molar-refractivity contribution >= 4 is 46.0 Å². The molecule has 1 N–H and O–H groups in total. The van der Waals surface area contributed by atoms with Crippen LogP contribution in [0.4, 0.5) is 11.4 Å². The predicted molar refractivity (Wildman–Crippen MR) is 103 cm³/mol. The summed E-state index contributed by atoms with van der Waals surface area (Å²) in [7, 11) is -4.20. The lowest BCUT2D eigenvalue weighted by Gasteiger charge is -2.37. The molecule has 0 fully saturated rings. The molecule has 1 aliphatic heterocycles. The summed E-state index contributed by atoms with van der Waals surface area (Å²) in [6, 6.07) is 15.0. The third-order valence-corrected chi connectivity index (χ3v) is 8.69. The number of anilines is 2. The predicted octanol–water partition coefficient (Wildman–Crippen LogP) is 4.44. The van der Waals surface area contributed by atoms with Gasteiger partial charge in [0.05, 0.1) is 16.3 Å². The minimum absolute atomic E-state index is 0.0507. The van der Waals surface area contributed by atoms with Gasteiger partial charge in [-0.05, 0) is 46.3 Å². The van der Waals surface area contributed by atoms with Gasteiger partial charge in [0.15, 0.2) is 0 Å². The SMILES string of the molecule is CC1=IN(c2ccccc2)c2ccc(S(=O)(=O)O)cc2C1(C)C. The van der Waals surface area contributed by atoms with E-state index in [1.807, 2.05) is 18.2 Å². The number of benzene rings is 2. The van der Waals surface area contributed by atoms with Crippen LogP contribution in [0.2, 0.25) is 0 Å². The molecule has 6 heteroatoms. The molecule has 2 aromatic carbocycles. The molecule has 0 saturated carbocycles. The van der Waals surface area contributed by atoms with Gasteiger partial charge in [0, 0.05) is 26.4 Å². The highest BCUT2D eigenvalue weighted by Crippen LogP contribution is 2.47. The third-order valence-electron chi connectivity index (χ3n) is 4.21. The maximum atomic E-state index is 11.5. The largest absolute Gasteiger partial charge is 0.294 e. The van der Waals surface area contributed by atoms with E-state index in [1.165, 1.54) is 9.58 Å². The van der Waals surface area contributed by atoms with Gasteiger partial charge in [0.1, 0.15) is 0 Å². The Labute approximate surface area is 147 Å². The van der Waals surface area contributed by atoms with Gasteiger partial charge in [0.2, 0.25) is 0 Å². The maximum absolute atomic E-state index is 11.5. The Morgan fingerprint density at radius 2 is 1.74 bits per heavy atom. The van der Waals surface area contributed by atoms with Crippen molar-refractivity contribution in [3.05, 3.63) is 54.1 Å². The van der Waals surface area contributed by atoms with E-state index in [0.717, 1.165) is 16.9 Å². The van der Waals surface area contributed by atoms with E-state index in [9.17, 15) is 13.0 Å². The lowest BCUT2D eigenvalue weighted by atomic mass is 9.81. The second kappa shape index (κ2) is 5.68. The Morgan fingerprint density at radius 1 is 1.09 bits per heavy atom. The molecule has 0 spiro atoms. The number of fused-ring (bicyclic) bond motifs is 1. The normalized spacial score (nSPS) is 17.0. The molecule has 122 valence electrons. The van der Waals surface area contributed by atoms with E-state index < -0.39 is 10.1 Å². The Hall–Kier alpha value is -1.25. The lowest BCUT2D eigenvalue weighted by Crippen LogP contribution is -2.32. The lowest BCUT2D eigenvalue weighted by molar-refractivity contribution is 0.483. The van der Waals surface area contributed by atoms with Crippen molar-refractivity contribution in [2.45, 2.75) is 31.1 Å². The molecule has 0 aromatic heterocycles. The van der Waals surface area contributed by atoms with Gasteiger partial charge in [0.25, 0.3) is 10.1 Å². The Bertz CT molecular complexity index is 889. The number of hydrogen-bond acceptors (Lipinski definition) is 3. The second-order valence-corrected chi connectivity index (χ2v) is 10.5. The zero-order valence-corrected chi connectivity index (χ0v) is 16.1. The number of para-hydroxylation sites is 1. The standard InChI is InChI=1S/C17H18INO3S/c1-12-17(2,3)15-11-14(23(20,21)22)9-10-16(15)19(18-12)13-7-5-4-6-8-13/h4-11H,1-3H3,(H,20,21,22). The van der Waals surface area contributed by atoms with Gasteiger partial charge < -0.3 is 0 Å². The fourth-order valence-electron chi connectivity index (χ4n) is 2.56. The smallest absolute Gasteiger partial charge is 0.288 e. The van der Waals surface area contributed by atoms with E-state index in [0.29, 0.717) is 0 Å². The van der Waals surface area contributed by atoms with Crippen molar-refractivity contribution in [3.63, 3.8) is 0 Å². The first-order valence-electron chi connectivity index (χ1n) is 7.17. The molecule has 0 saturated heterocycles. The molecule has 0 atom stereocenters. The molecule has 2 aromatic rings. The van der Waals surface area contributed by atoms with E-state index >= 15 is 0 Å². The number of halogens is 1. The van der Waals surface area contributed by atoms with Crippen LogP contribution in [0, 0.1) is 0 Å². The van der Waals surface area contributed by atoms with Crippen LogP contribution in [0.15, 0.2) is 53.4 Å². The summed E-state index contributed by atoms with van der Waals surface area (Å²) < 4.78 is 36.0. The summed E-state index contributed by atoms with van der Waals surface area (Å²) in [6.07, 6.45) is 0. The Kier molecular flexibility index (Phi) is 4.10. The summed E-state index contributed by atoms with van der Waals surface area (Å²) in [5.74, 6) is 0. The first-order valence-corrected chi connectivity index (χ1v) is 10.7. The molecule has 4 nitrogen and oxygen atoms in total. The average Bonchev–Trinajstić information content (AvgIpc) is 2.51. The molecule has 3 rings (SSSR count). The molecule has 1 aliphatic rings. The Morgan fingerprint density at radius 3 is 2.35 bits per heavy atom. The highest BCUT2D eigenvalue weighted by molar-refractivity contribution is 14.2. The quantitative estimate of drug-likeness (QED) is 0.424. The molecular weight excluding hydrogens is 425 g/mol. The van der Waals surface area contributed by atoms with Crippen LogP contribution < -0.4 is 3.11 Å². The molecule has 0 radical (unpaired) electrons. The highest BCUT2D eigenvalue weighted by atomic mass is 127. The monoisotopic (exact) mass is 443 g/mol.